The normalized spacial score (nSPS) is 26.5. The Labute approximate surface area is 166 Å². The SMILES string of the molecule is CCCCON=C(C(=O)N[C@@H]1C(=O)N2[C@@H]1SC(C)(C)[C@@H]2C)c1csc(N)n1. The molecule has 2 amide bonds. The van der Waals surface area contributed by atoms with E-state index in [-0.39, 0.29) is 27.8 Å². The molecule has 0 aliphatic carbocycles. The minimum absolute atomic E-state index is 0.0422. The highest BCUT2D eigenvalue weighted by molar-refractivity contribution is 8.01. The van der Waals surface area contributed by atoms with E-state index in [4.69, 9.17) is 10.6 Å². The Morgan fingerprint density at radius 3 is 2.89 bits per heavy atom. The zero-order chi connectivity index (χ0) is 19.8. The maximum Gasteiger partial charge on any atom is 0.276 e. The first-order chi connectivity index (χ1) is 12.8. The van der Waals surface area contributed by atoms with Crippen molar-refractivity contribution in [2.24, 2.45) is 5.16 Å². The molecule has 0 radical (unpaired) electrons. The summed E-state index contributed by atoms with van der Waals surface area (Å²) in [5.41, 5.74) is 6.08. The quantitative estimate of drug-likeness (QED) is 0.306. The fourth-order valence-corrected chi connectivity index (χ4v) is 5.23. The molecule has 1 aromatic rings. The van der Waals surface area contributed by atoms with Gasteiger partial charge in [0.25, 0.3) is 5.91 Å². The fraction of sp³-hybridized carbons (Fsp3) is 0.647. The van der Waals surface area contributed by atoms with Gasteiger partial charge in [-0.2, -0.15) is 0 Å². The number of thiazole rings is 1. The number of fused-ring (bicyclic) bond motifs is 1. The number of nitrogens with zero attached hydrogens (tertiary/aromatic N) is 3. The Bertz CT molecular complexity index is 764. The van der Waals surface area contributed by atoms with Crippen LogP contribution in [0.25, 0.3) is 0 Å². The molecule has 3 N–H and O–H groups in total. The molecule has 0 unspecified atom stereocenters. The van der Waals surface area contributed by atoms with Crippen LogP contribution < -0.4 is 11.1 Å². The van der Waals surface area contributed by atoms with Crippen molar-refractivity contribution in [2.45, 2.75) is 62.7 Å². The van der Waals surface area contributed by atoms with E-state index >= 15 is 0 Å². The van der Waals surface area contributed by atoms with Gasteiger partial charge >= 0.3 is 0 Å². The van der Waals surface area contributed by atoms with Crippen molar-refractivity contribution >= 4 is 45.8 Å². The highest BCUT2D eigenvalue weighted by atomic mass is 32.2. The van der Waals surface area contributed by atoms with Crippen molar-refractivity contribution in [3.63, 3.8) is 0 Å². The summed E-state index contributed by atoms with van der Waals surface area (Å²) < 4.78 is -0.0522. The van der Waals surface area contributed by atoms with Crippen LogP contribution in [0, 0.1) is 0 Å². The Morgan fingerprint density at radius 2 is 2.26 bits per heavy atom. The minimum Gasteiger partial charge on any atom is -0.395 e. The number of nitrogen functional groups attached to an aromatic ring is 1. The highest BCUT2D eigenvalue weighted by Crippen LogP contribution is 2.50. The van der Waals surface area contributed by atoms with Crippen molar-refractivity contribution < 1.29 is 14.4 Å². The third-order valence-corrected chi connectivity index (χ3v) is 7.30. The number of rotatable bonds is 7. The number of aromatic nitrogens is 1. The summed E-state index contributed by atoms with van der Waals surface area (Å²) in [4.78, 5) is 36.6. The zero-order valence-electron chi connectivity index (χ0n) is 15.9. The standard InChI is InChI=1S/C17H25N5O3S2/c1-5-6-7-25-21-11(10-8-26-16(18)19-10)13(23)20-12-14(24)22-9(2)17(3,4)27-15(12)22/h8-9,12,15H,5-7H2,1-4H3,(H2,18,19)(H,20,23)/t9-,12+,15+/m0/s1. The summed E-state index contributed by atoms with van der Waals surface area (Å²) in [6, 6.07) is -0.444. The van der Waals surface area contributed by atoms with Crippen LogP contribution in [0.5, 0.6) is 0 Å². The second-order valence-electron chi connectivity index (χ2n) is 7.18. The van der Waals surface area contributed by atoms with Gasteiger partial charge in [-0.25, -0.2) is 4.98 Å². The van der Waals surface area contributed by atoms with E-state index in [2.05, 4.69) is 29.3 Å². The molecule has 0 spiro atoms. The van der Waals surface area contributed by atoms with Gasteiger partial charge in [0.05, 0.1) is 0 Å². The van der Waals surface area contributed by atoms with Gasteiger partial charge in [-0.05, 0) is 27.2 Å². The highest BCUT2D eigenvalue weighted by Gasteiger charge is 2.60. The van der Waals surface area contributed by atoms with Crippen LogP contribution in [0.1, 0.15) is 46.2 Å². The van der Waals surface area contributed by atoms with Crippen LogP contribution in [-0.4, -0.2) is 56.2 Å². The zero-order valence-corrected chi connectivity index (χ0v) is 17.5. The molecule has 148 valence electrons. The molecule has 3 atom stereocenters. The lowest BCUT2D eigenvalue weighted by molar-refractivity contribution is -0.150. The first kappa shape index (κ1) is 19.9. The van der Waals surface area contributed by atoms with Gasteiger partial charge in [0, 0.05) is 16.2 Å². The predicted molar refractivity (Wildman–Crippen MR) is 108 cm³/mol. The Morgan fingerprint density at radius 1 is 1.52 bits per heavy atom. The molecule has 10 heteroatoms. The molecular weight excluding hydrogens is 386 g/mol. The molecule has 3 rings (SSSR count). The number of oxime groups is 1. The van der Waals surface area contributed by atoms with Crippen LogP contribution in [0.2, 0.25) is 0 Å². The largest absolute Gasteiger partial charge is 0.395 e. The van der Waals surface area contributed by atoms with Gasteiger partial charge in [-0.3, -0.25) is 9.59 Å². The lowest BCUT2D eigenvalue weighted by Crippen LogP contribution is -2.69. The molecular formula is C17H25N5O3S2. The van der Waals surface area contributed by atoms with Gasteiger partial charge in [-0.1, -0.05) is 18.5 Å². The van der Waals surface area contributed by atoms with Gasteiger partial charge in [0.2, 0.25) is 5.91 Å². The molecule has 0 aromatic carbocycles. The van der Waals surface area contributed by atoms with Crippen LogP contribution in [0.4, 0.5) is 5.13 Å². The molecule has 8 nitrogen and oxygen atoms in total. The van der Waals surface area contributed by atoms with Crippen molar-refractivity contribution in [2.75, 3.05) is 12.3 Å². The van der Waals surface area contributed by atoms with E-state index in [9.17, 15) is 9.59 Å². The third-order valence-electron chi connectivity index (χ3n) is 4.94. The van der Waals surface area contributed by atoms with Gasteiger partial charge < -0.3 is 20.8 Å². The number of anilines is 1. The molecule has 2 aliphatic heterocycles. The number of nitrogens with one attached hydrogen (secondary N) is 1. The summed E-state index contributed by atoms with van der Waals surface area (Å²) in [7, 11) is 0. The number of hydrogen-bond donors (Lipinski definition) is 2. The average molecular weight is 412 g/mol. The summed E-state index contributed by atoms with van der Waals surface area (Å²) in [6.45, 7) is 8.71. The van der Waals surface area contributed by atoms with Gasteiger partial charge in [-0.15, -0.1) is 23.1 Å². The second-order valence-corrected chi connectivity index (χ2v) is 9.84. The average Bonchev–Trinajstić information content (AvgIpc) is 3.12. The lowest BCUT2D eigenvalue weighted by Gasteiger charge is -2.44. The van der Waals surface area contributed by atoms with Crippen molar-refractivity contribution in [3.8, 4) is 0 Å². The summed E-state index contributed by atoms with van der Waals surface area (Å²) in [6.07, 6.45) is 1.79. The maximum atomic E-state index is 12.8. The summed E-state index contributed by atoms with van der Waals surface area (Å²) in [5.74, 6) is -0.546. The number of nitrogens with two attached hydrogens (primary N) is 1. The Kier molecular flexibility index (Phi) is 5.66. The van der Waals surface area contributed by atoms with E-state index in [1.165, 1.54) is 11.3 Å². The van der Waals surface area contributed by atoms with E-state index < -0.39 is 11.9 Å². The number of unbranched alkanes of at least 4 members (excludes halogenated alkanes) is 1. The minimum atomic E-state index is -0.566. The van der Waals surface area contributed by atoms with Crippen LogP contribution in [0.15, 0.2) is 10.5 Å². The van der Waals surface area contributed by atoms with Crippen molar-refractivity contribution in [3.05, 3.63) is 11.1 Å². The monoisotopic (exact) mass is 411 g/mol. The summed E-state index contributed by atoms with van der Waals surface area (Å²) in [5, 5.41) is 8.71. The van der Waals surface area contributed by atoms with Gasteiger partial charge in [0.15, 0.2) is 10.8 Å². The molecule has 27 heavy (non-hydrogen) atoms. The van der Waals surface area contributed by atoms with E-state index in [0.29, 0.717) is 17.4 Å². The van der Waals surface area contributed by atoms with E-state index in [1.807, 2.05) is 18.7 Å². The lowest BCUT2D eigenvalue weighted by atomic mass is 9.97. The number of amides is 2. The molecule has 2 fully saturated rings. The number of β-lactam (4-membered cyclic amide) rings is 1. The molecule has 0 saturated carbocycles. The molecule has 2 saturated heterocycles. The Balaban J connectivity index is 1.72. The topological polar surface area (TPSA) is 110 Å². The third kappa shape index (κ3) is 3.77. The molecule has 1 aromatic heterocycles. The molecule has 2 aliphatic rings. The van der Waals surface area contributed by atoms with E-state index in [0.717, 1.165) is 12.8 Å². The molecule has 3 heterocycles. The first-order valence-corrected chi connectivity index (χ1v) is 10.7. The van der Waals surface area contributed by atoms with E-state index in [1.54, 1.807) is 17.1 Å². The van der Waals surface area contributed by atoms with Crippen molar-refractivity contribution in [1.29, 1.82) is 0 Å². The number of carbonyl (C=O) groups excluding carboxylic acids is 2. The Hall–Kier alpha value is -1.81. The van der Waals surface area contributed by atoms with Crippen LogP contribution >= 0.6 is 23.1 Å². The summed E-state index contributed by atoms with van der Waals surface area (Å²) >= 11 is 2.92. The van der Waals surface area contributed by atoms with Crippen LogP contribution in [-0.2, 0) is 14.4 Å². The number of thioether (sulfide) groups is 1. The smallest absolute Gasteiger partial charge is 0.276 e. The fourth-order valence-electron chi connectivity index (χ4n) is 3.03. The number of carbonyl (C=O) groups is 2. The van der Waals surface area contributed by atoms with Crippen LogP contribution in [0.3, 0.4) is 0 Å². The van der Waals surface area contributed by atoms with Gasteiger partial charge in [0.1, 0.15) is 23.7 Å². The van der Waals surface area contributed by atoms with Crippen molar-refractivity contribution in [1.82, 2.24) is 15.2 Å². The first-order valence-electron chi connectivity index (χ1n) is 8.98. The predicted octanol–water partition coefficient (Wildman–Crippen LogP) is 1.81. The molecule has 0 bridgehead atoms. The number of hydrogen-bond acceptors (Lipinski definition) is 8. The maximum absolute atomic E-state index is 12.8. The second kappa shape index (κ2) is 7.67.